The summed E-state index contributed by atoms with van der Waals surface area (Å²) in [6, 6.07) is 0. The highest BCUT2D eigenvalue weighted by Gasteiger charge is 2.16. The minimum atomic E-state index is 0.477. The van der Waals surface area contributed by atoms with Crippen molar-refractivity contribution in [2.24, 2.45) is 5.92 Å². The van der Waals surface area contributed by atoms with Crippen LogP contribution in [0.1, 0.15) is 30.7 Å². The van der Waals surface area contributed by atoms with E-state index in [0.29, 0.717) is 17.5 Å². The fourth-order valence-electron chi connectivity index (χ4n) is 2.45. The van der Waals surface area contributed by atoms with E-state index in [2.05, 4.69) is 25.4 Å². The molecule has 0 aromatic carbocycles. The molecule has 6 heteroatoms. The molecule has 3 rings (SSSR count). The molecular formula is C14H19N5O. The molecule has 0 saturated carbocycles. The molecule has 20 heavy (non-hydrogen) atoms. The van der Waals surface area contributed by atoms with Gasteiger partial charge in [-0.3, -0.25) is 0 Å². The summed E-state index contributed by atoms with van der Waals surface area (Å²) in [7, 11) is 0. The van der Waals surface area contributed by atoms with Crippen molar-refractivity contribution in [3.63, 3.8) is 0 Å². The molecule has 0 atom stereocenters. The Hall–Kier alpha value is -1.82. The maximum absolute atomic E-state index is 5.28. The van der Waals surface area contributed by atoms with Crippen LogP contribution in [0.5, 0.6) is 0 Å². The molecule has 1 N–H and O–H groups in total. The molecular weight excluding hydrogens is 254 g/mol. The summed E-state index contributed by atoms with van der Waals surface area (Å²) in [4.78, 5) is 12.8. The second kappa shape index (κ2) is 6.09. The molecule has 1 fully saturated rings. The van der Waals surface area contributed by atoms with Crippen molar-refractivity contribution >= 4 is 0 Å². The van der Waals surface area contributed by atoms with Crippen LogP contribution in [-0.4, -0.2) is 33.2 Å². The zero-order valence-corrected chi connectivity index (χ0v) is 11.7. The lowest BCUT2D eigenvalue weighted by atomic mass is 9.93. The fraction of sp³-hybridized carbons (Fsp3) is 0.571. The first-order valence-electron chi connectivity index (χ1n) is 7.13. The first-order chi connectivity index (χ1) is 9.81. The molecule has 1 aliphatic heterocycles. The Labute approximate surface area is 118 Å². The van der Waals surface area contributed by atoms with Gasteiger partial charge in [-0.2, -0.15) is 4.98 Å². The molecule has 2 aromatic heterocycles. The van der Waals surface area contributed by atoms with Gasteiger partial charge in [0.05, 0.1) is 0 Å². The van der Waals surface area contributed by atoms with Gasteiger partial charge in [0.25, 0.3) is 0 Å². The van der Waals surface area contributed by atoms with Crippen molar-refractivity contribution in [2.75, 3.05) is 13.1 Å². The first-order valence-corrected chi connectivity index (χ1v) is 7.13. The molecule has 3 heterocycles. The largest absolute Gasteiger partial charge is 0.339 e. The van der Waals surface area contributed by atoms with Crippen molar-refractivity contribution in [2.45, 2.75) is 32.6 Å². The number of nitrogens with one attached hydrogen (secondary N) is 1. The van der Waals surface area contributed by atoms with E-state index < -0.39 is 0 Å². The summed E-state index contributed by atoms with van der Waals surface area (Å²) in [6.45, 7) is 4.19. The Kier molecular flexibility index (Phi) is 4.01. The van der Waals surface area contributed by atoms with Crippen molar-refractivity contribution in [1.82, 2.24) is 25.4 Å². The van der Waals surface area contributed by atoms with Gasteiger partial charge in [0, 0.05) is 18.8 Å². The SMILES string of the molecule is Cc1cnc(-c2noc(CCC3CCNCC3)n2)nc1. The number of nitrogens with zero attached hydrogens (tertiary/aromatic N) is 4. The Bertz CT molecular complexity index is 545. The van der Waals surface area contributed by atoms with Gasteiger partial charge in [-0.15, -0.1) is 0 Å². The van der Waals surface area contributed by atoms with E-state index in [1.165, 1.54) is 12.8 Å². The van der Waals surface area contributed by atoms with Crippen molar-refractivity contribution < 1.29 is 4.52 Å². The molecule has 0 spiro atoms. The standard InChI is InChI=1S/C14H19N5O/c1-10-8-16-13(17-9-10)14-18-12(20-19-14)3-2-11-4-6-15-7-5-11/h8-9,11,15H,2-7H2,1H3. The summed E-state index contributed by atoms with van der Waals surface area (Å²) in [5, 5.41) is 7.33. The van der Waals surface area contributed by atoms with Crippen LogP contribution in [0, 0.1) is 12.8 Å². The predicted molar refractivity (Wildman–Crippen MR) is 74.0 cm³/mol. The van der Waals surface area contributed by atoms with Crippen LogP contribution in [0.25, 0.3) is 11.6 Å². The molecule has 1 aliphatic rings. The van der Waals surface area contributed by atoms with Gasteiger partial charge in [-0.25, -0.2) is 9.97 Å². The minimum absolute atomic E-state index is 0.477. The summed E-state index contributed by atoms with van der Waals surface area (Å²) in [6.07, 6.45) is 7.94. The highest BCUT2D eigenvalue weighted by molar-refractivity contribution is 5.40. The average molecular weight is 273 g/mol. The zero-order chi connectivity index (χ0) is 13.8. The number of aryl methyl sites for hydroxylation is 2. The summed E-state index contributed by atoms with van der Waals surface area (Å²) < 4.78 is 5.28. The molecule has 0 aliphatic carbocycles. The molecule has 0 amide bonds. The third kappa shape index (κ3) is 3.19. The highest BCUT2D eigenvalue weighted by Crippen LogP contribution is 2.19. The van der Waals surface area contributed by atoms with E-state index in [4.69, 9.17) is 4.52 Å². The summed E-state index contributed by atoms with van der Waals surface area (Å²) >= 11 is 0. The van der Waals surface area contributed by atoms with Crippen LogP contribution in [0.4, 0.5) is 0 Å². The number of hydrogen-bond donors (Lipinski definition) is 1. The van der Waals surface area contributed by atoms with E-state index in [1.807, 2.05) is 6.92 Å². The minimum Gasteiger partial charge on any atom is -0.339 e. The number of aromatic nitrogens is 4. The second-order valence-electron chi connectivity index (χ2n) is 5.33. The lowest BCUT2D eigenvalue weighted by Gasteiger charge is -2.21. The lowest BCUT2D eigenvalue weighted by Crippen LogP contribution is -2.27. The highest BCUT2D eigenvalue weighted by atomic mass is 16.5. The van der Waals surface area contributed by atoms with Crippen molar-refractivity contribution in [3.05, 3.63) is 23.8 Å². The maximum Gasteiger partial charge on any atom is 0.240 e. The molecule has 0 bridgehead atoms. The van der Waals surface area contributed by atoms with Gasteiger partial charge in [0.2, 0.25) is 17.5 Å². The summed E-state index contributed by atoms with van der Waals surface area (Å²) in [5.41, 5.74) is 1.02. The van der Waals surface area contributed by atoms with Crippen LogP contribution < -0.4 is 5.32 Å². The maximum atomic E-state index is 5.28. The van der Waals surface area contributed by atoms with Crippen LogP contribution in [0.2, 0.25) is 0 Å². The van der Waals surface area contributed by atoms with Crippen LogP contribution in [0.15, 0.2) is 16.9 Å². The van der Waals surface area contributed by atoms with Crippen LogP contribution in [-0.2, 0) is 6.42 Å². The van der Waals surface area contributed by atoms with Crippen molar-refractivity contribution in [3.8, 4) is 11.6 Å². The topological polar surface area (TPSA) is 76.7 Å². The Morgan fingerprint density at radius 3 is 2.70 bits per heavy atom. The van der Waals surface area contributed by atoms with E-state index in [-0.39, 0.29) is 0 Å². The number of piperidine rings is 1. The third-order valence-electron chi connectivity index (χ3n) is 3.67. The predicted octanol–water partition coefficient (Wildman–Crippen LogP) is 1.77. The van der Waals surface area contributed by atoms with E-state index >= 15 is 0 Å². The van der Waals surface area contributed by atoms with Gasteiger partial charge in [0.15, 0.2) is 0 Å². The summed E-state index contributed by atoms with van der Waals surface area (Å²) in [5.74, 6) is 2.45. The second-order valence-corrected chi connectivity index (χ2v) is 5.33. The molecule has 1 saturated heterocycles. The quantitative estimate of drug-likeness (QED) is 0.914. The van der Waals surface area contributed by atoms with E-state index in [0.717, 1.165) is 37.4 Å². The molecule has 6 nitrogen and oxygen atoms in total. The zero-order valence-electron chi connectivity index (χ0n) is 11.7. The number of hydrogen-bond acceptors (Lipinski definition) is 6. The van der Waals surface area contributed by atoms with Crippen LogP contribution in [0.3, 0.4) is 0 Å². The van der Waals surface area contributed by atoms with Gasteiger partial charge in [0.1, 0.15) is 0 Å². The van der Waals surface area contributed by atoms with Gasteiger partial charge in [-0.1, -0.05) is 5.16 Å². The molecule has 0 unspecified atom stereocenters. The molecule has 2 aromatic rings. The van der Waals surface area contributed by atoms with E-state index in [9.17, 15) is 0 Å². The normalized spacial score (nSPS) is 16.4. The number of rotatable bonds is 4. The van der Waals surface area contributed by atoms with Gasteiger partial charge >= 0.3 is 0 Å². The monoisotopic (exact) mass is 273 g/mol. The smallest absolute Gasteiger partial charge is 0.240 e. The molecule has 106 valence electrons. The Morgan fingerprint density at radius 1 is 1.20 bits per heavy atom. The fourth-order valence-corrected chi connectivity index (χ4v) is 2.45. The first kappa shape index (κ1) is 13.2. The average Bonchev–Trinajstić information content (AvgIpc) is 2.96. The lowest BCUT2D eigenvalue weighted by molar-refractivity contribution is 0.324. The molecule has 0 radical (unpaired) electrons. The van der Waals surface area contributed by atoms with Crippen molar-refractivity contribution in [1.29, 1.82) is 0 Å². The van der Waals surface area contributed by atoms with E-state index in [1.54, 1.807) is 12.4 Å². The Morgan fingerprint density at radius 2 is 1.95 bits per heavy atom. The third-order valence-corrected chi connectivity index (χ3v) is 3.67. The Balaban J connectivity index is 1.60. The van der Waals surface area contributed by atoms with Gasteiger partial charge < -0.3 is 9.84 Å². The van der Waals surface area contributed by atoms with Gasteiger partial charge in [-0.05, 0) is 50.8 Å². The van der Waals surface area contributed by atoms with Crippen LogP contribution >= 0.6 is 0 Å².